The van der Waals surface area contributed by atoms with Gasteiger partial charge in [-0.1, -0.05) is 42.5 Å². The fraction of sp³-hybridized carbons (Fsp3) is 0.382. The third-order valence-electron chi connectivity index (χ3n) is 8.62. The van der Waals surface area contributed by atoms with Gasteiger partial charge < -0.3 is 14.4 Å². The van der Waals surface area contributed by atoms with Gasteiger partial charge in [0.25, 0.3) is 5.91 Å². The van der Waals surface area contributed by atoms with Crippen LogP contribution < -0.4 is 14.8 Å². The van der Waals surface area contributed by atoms with Crippen molar-refractivity contribution in [3.8, 4) is 11.5 Å². The average Bonchev–Trinajstić information content (AvgIpc) is 3.32. The van der Waals surface area contributed by atoms with Crippen molar-refractivity contribution in [3.63, 3.8) is 0 Å². The zero-order valence-electron chi connectivity index (χ0n) is 24.3. The molecule has 3 aliphatic rings. The van der Waals surface area contributed by atoms with Gasteiger partial charge in [0.2, 0.25) is 11.8 Å². The Bertz CT molecular complexity index is 1520. The molecule has 0 bridgehead atoms. The van der Waals surface area contributed by atoms with Gasteiger partial charge in [-0.25, -0.2) is 4.39 Å². The van der Waals surface area contributed by atoms with E-state index in [0.29, 0.717) is 24.3 Å². The molecule has 2 saturated heterocycles. The van der Waals surface area contributed by atoms with Crippen molar-refractivity contribution < 1.29 is 28.2 Å². The Morgan fingerprint density at radius 3 is 2.44 bits per heavy atom. The molecule has 1 atom stereocenters. The van der Waals surface area contributed by atoms with Crippen molar-refractivity contribution in [2.24, 2.45) is 0 Å². The molecular weight excluding hydrogens is 549 g/mol. The molecule has 224 valence electrons. The smallest absolute Gasteiger partial charge is 0.255 e. The minimum absolute atomic E-state index is 0.0500. The highest BCUT2D eigenvalue weighted by molar-refractivity contribution is 6.05. The van der Waals surface area contributed by atoms with Crippen LogP contribution >= 0.6 is 0 Å². The first kappa shape index (κ1) is 28.9. The van der Waals surface area contributed by atoms with E-state index in [2.05, 4.69) is 16.3 Å². The number of likely N-dealkylation sites (tertiary alicyclic amines) is 1. The second-order valence-corrected chi connectivity index (χ2v) is 11.5. The van der Waals surface area contributed by atoms with Crippen LogP contribution in [0.4, 0.5) is 4.39 Å². The van der Waals surface area contributed by atoms with Gasteiger partial charge >= 0.3 is 0 Å². The molecule has 3 aromatic rings. The van der Waals surface area contributed by atoms with Crippen LogP contribution in [0.1, 0.15) is 71.1 Å². The number of halogens is 1. The highest BCUT2D eigenvalue weighted by atomic mass is 19.1. The molecule has 8 nitrogen and oxygen atoms in total. The highest BCUT2D eigenvalue weighted by Gasteiger charge is 2.40. The summed E-state index contributed by atoms with van der Waals surface area (Å²) < 4.78 is 27.3. The third-order valence-corrected chi connectivity index (χ3v) is 8.62. The molecule has 0 saturated carbocycles. The number of carbonyl (C=O) groups is 3. The van der Waals surface area contributed by atoms with Crippen molar-refractivity contribution in [2.75, 3.05) is 19.7 Å². The van der Waals surface area contributed by atoms with Crippen molar-refractivity contribution in [1.29, 1.82) is 0 Å². The molecule has 1 unspecified atom stereocenters. The van der Waals surface area contributed by atoms with Gasteiger partial charge in [0.1, 0.15) is 18.5 Å². The molecule has 3 aliphatic heterocycles. The van der Waals surface area contributed by atoms with Crippen LogP contribution in [-0.4, -0.2) is 53.3 Å². The number of rotatable bonds is 9. The number of fused-ring (bicyclic) bond motifs is 1. The maximum absolute atomic E-state index is 15.3. The highest BCUT2D eigenvalue weighted by Crippen LogP contribution is 2.36. The lowest BCUT2D eigenvalue weighted by Crippen LogP contribution is -2.52. The van der Waals surface area contributed by atoms with Gasteiger partial charge in [0.15, 0.2) is 11.5 Å². The van der Waals surface area contributed by atoms with Crippen LogP contribution in [0.5, 0.6) is 11.5 Å². The molecule has 2 fully saturated rings. The first-order valence-electron chi connectivity index (χ1n) is 15.0. The quantitative estimate of drug-likeness (QED) is 0.358. The summed E-state index contributed by atoms with van der Waals surface area (Å²) in [6.07, 6.45) is 2.08. The fourth-order valence-electron chi connectivity index (χ4n) is 6.36. The first-order valence-corrected chi connectivity index (χ1v) is 15.0. The summed E-state index contributed by atoms with van der Waals surface area (Å²) in [6, 6.07) is 18.6. The normalized spacial score (nSPS) is 19.3. The second kappa shape index (κ2) is 12.6. The summed E-state index contributed by atoms with van der Waals surface area (Å²) in [5.41, 5.74) is 3.91. The molecule has 6 rings (SSSR count). The Kier molecular flexibility index (Phi) is 8.42. The number of benzene rings is 3. The van der Waals surface area contributed by atoms with E-state index in [1.54, 1.807) is 0 Å². The van der Waals surface area contributed by atoms with E-state index in [9.17, 15) is 14.4 Å². The average molecular weight is 586 g/mol. The summed E-state index contributed by atoms with van der Waals surface area (Å²) in [5.74, 6) is -0.0236. The van der Waals surface area contributed by atoms with Crippen molar-refractivity contribution in [1.82, 2.24) is 15.1 Å². The molecule has 0 aromatic heterocycles. The monoisotopic (exact) mass is 585 g/mol. The Hall–Kier alpha value is -4.24. The van der Waals surface area contributed by atoms with E-state index < -0.39 is 11.9 Å². The summed E-state index contributed by atoms with van der Waals surface area (Å²) >= 11 is 0. The molecule has 0 radical (unpaired) electrons. The Labute approximate surface area is 250 Å². The Morgan fingerprint density at radius 1 is 0.907 bits per heavy atom. The van der Waals surface area contributed by atoms with Gasteiger partial charge in [0, 0.05) is 25.1 Å². The minimum atomic E-state index is -0.708. The fourth-order valence-corrected chi connectivity index (χ4v) is 6.36. The van der Waals surface area contributed by atoms with Crippen molar-refractivity contribution in [2.45, 2.75) is 64.3 Å². The maximum atomic E-state index is 15.3. The lowest BCUT2D eigenvalue weighted by atomic mass is 9.87. The molecule has 3 aromatic carbocycles. The molecule has 0 spiro atoms. The summed E-state index contributed by atoms with van der Waals surface area (Å²) in [7, 11) is 0. The molecular formula is C34H36FN3O5. The molecule has 0 aliphatic carbocycles. The number of nitrogens with one attached hydrogen (secondary N) is 1. The van der Waals surface area contributed by atoms with E-state index in [1.807, 2.05) is 55.5 Å². The topological polar surface area (TPSA) is 88.2 Å². The van der Waals surface area contributed by atoms with E-state index in [0.717, 1.165) is 60.7 Å². The van der Waals surface area contributed by atoms with E-state index >= 15 is 4.39 Å². The third kappa shape index (κ3) is 6.27. The molecule has 3 heterocycles. The zero-order valence-corrected chi connectivity index (χ0v) is 24.3. The van der Waals surface area contributed by atoms with Crippen molar-refractivity contribution in [3.05, 3.63) is 94.3 Å². The SMILES string of the molecule is CCOc1cc(CN2CCC(c3cc4c(cc3F)C(=O)N(C3CCC(=O)NC3=O)C4)CC2)ccc1OCc1ccccc1. The van der Waals surface area contributed by atoms with Crippen LogP contribution in [0, 0.1) is 5.82 Å². The number of hydrogen-bond donors (Lipinski definition) is 1. The number of piperidine rings is 2. The largest absolute Gasteiger partial charge is 0.490 e. The number of ether oxygens (including phenoxy) is 2. The predicted octanol–water partition coefficient (Wildman–Crippen LogP) is 4.94. The standard InChI is InChI=1S/C34H36FN3O5/c1-2-42-31-16-23(8-10-30(31)43-21-22-6-4-3-5-7-22)19-37-14-12-24(13-15-37)26-17-25-20-38(34(41)27(25)18-28(26)35)29-9-11-32(39)36-33(29)40/h3-8,10,16-18,24,29H,2,9,11-15,19-21H2,1H3,(H,36,39,40). The second-order valence-electron chi connectivity index (χ2n) is 11.5. The Morgan fingerprint density at radius 2 is 1.70 bits per heavy atom. The maximum Gasteiger partial charge on any atom is 0.255 e. The van der Waals surface area contributed by atoms with Crippen molar-refractivity contribution >= 4 is 17.7 Å². The predicted molar refractivity (Wildman–Crippen MR) is 158 cm³/mol. The summed E-state index contributed by atoms with van der Waals surface area (Å²) in [4.78, 5) is 40.8. The number of imide groups is 1. The minimum Gasteiger partial charge on any atom is -0.490 e. The molecule has 43 heavy (non-hydrogen) atoms. The van der Waals surface area contributed by atoms with Gasteiger partial charge in [-0.2, -0.15) is 0 Å². The Balaban J connectivity index is 1.07. The number of hydrogen-bond acceptors (Lipinski definition) is 6. The van der Waals surface area contributed by atoms with Gasteiger partial charge in [-0.15, -0.1) is 0 Å². The first-order chi connectivity index (χ1) is 20.9. The molecule has 1 N–H and O–H groups in total. The summed E-state index contributed by atoms with van der Waals surface area (Å²) in [6.45, 7) is 5.61. The van der Waals surface area contributed by atoms with Crippen LogP contribution in [0.2, 0.25) is 0 Å². The lowest BCUT2D eigenvalue weighted by molar-refractivity contribution is -0.136. The van der Waals surface area contributed by atoms with Crippen LogP contribution in [0.25, 0.3) is 0 Å². The van der Waals surface area contributed by atoms with Crippen LogP contribution in [0.3, 0.4) is 0 Å². The molecule has 9 heteroatoms. The van der Waals surface area contributed by atoms with Gasteiger partial charge in [-0.05, 0) is 85.6 Å². The lowest BCUT2D eigenvalue weighted by Gasteiger charge is -2.32. The number of carbonyl (C=O) groups excluding carboxylic acids is 3. The van der Waals surface area contributed by atoms with Gasteiger partial charge in [-0.3, -0.25) is 24.6 Å². The summed E-state index contributed by atoms with van der Waals surface area (Å²) in [5, 5.41) is 2.31. The number of nitrogens with zero attached hydrogens (tertiary/aromatic N) is 2. The van der Waals surface area contributed by atoms with E-state index in [1.165, 1.54) is 11.0 Å². The van der Waals surface area contributed by atoms with Crippen LogP contribution in [-0.2, 0) is 29.3 Å². The van der Waals surface area contributed by atoms with Crippen LogP contribution in [0.15, 0.2) is 60.7 Å². The molecule has 3 amide bonds. The zero-order chi connectivity index (χ0) is 29.9. The van der Waals surface area contributed by atoms with E-state index in [4.69, 9.17) is 9.47 Å². The number of amides is 3. The van der Waals surface area contributed by atoms with Gasteiger partial charge in [0.05, 0.1) is 6.61 Å². The van der Waals surface area contributed by atoms with E-state index in [-0.39, 0.29) is 42.9 Å².